The Hall–Kier alpha value is -2.96. The van der Waals surface area contributed by atoms with Crippen molar-refractivity contribution in [3.8, 4) is 17.1 Å². The molecule has 0 atom stereocenters. The zero-order valence-corrected chi connectivity index (χ0v) is 16.1. The quantitative estimate of drug-likeness (QED) is 0.878. The SMILES string of the molecule is COc1cc(C2=CCN(C(=O)OC(C)(C)C)CC2)ccc1-c1cc(N)no1. The number of amides is 1. The number of anilines is 1. The van der Waals surface area contributed by atoms with Gasteiger partial charge in [0.15, 0.2) is 11.6 Å². The molecule has 0 saturated heterocycles. The minimum absolute atomic E-state index is 0.284. The second kappa shape index (κ2) is 7.34. The molecular weight excluding hydrogens is 346 g/mol. The van der Waals surface area contributed by atoms with E-state index in [-0.39, 0.29) is 6.09 Å². The lowest BCUT2D eigenvalue weighted by Crippen LogP contribution is -2.39. The summed E-state index contributed by atoms with van der Waals surface area (Å²) in [6.45, 7) is 6.74. The highest BCUT2D eigenvalue weighted by molar-refractivity contribution is 5.76. The van der Waals surface area contributed by atoms with Gasteiger partial charge in [0, 0.05) is 19.2 Å². The Balaban J connectivity index is 1.77. The molecule has 1 aliphatic rings. The van der Waals surface area contributed by atoms with Gasteiger partial charge in [0.25, 0.3) is 0 Å². The van der Waals surface area contributed by atoms with E-state index in [1.807, 2.05) is 45.0 Å². The fourth-order valence-electron chi connectivity index (χ4n) is 2.93. The normalized spacial score (nSPS) is 14.7. The largest absolute Gasteiger partial charge is 0.496 e. The Morgan fingerprint density at radius 3 is 2.63 bits per heavy atom. The van der Waals surface area contributed by atoms with Crippen molar-refractivity contribution in [2.45, 2.75) is 32.8 Å². The van der Waals surface area contributed by atoms with E-state index in [0.717, 1.165) is 23.1 Å². The third-order valence-corrected chi connectivity index (χ3v) is 4.23. The monoisotopic (exact) mass is 371 g/mol. The number of nitrogens with zero attached hydrogens (tertiary/aromatic N) is 2. The number of aromatic nitrogens is 1. The van der Waals surface area contributed by atoms with Gasteiger partial charge in [-0.1, -0.05) is 17.3 Å². The summed E-state index contributed by atoms with van der Waals surface area (Å²) >= 11 is 0. The molecule has 0 unspecified atom stereocenters. The molecule has 144 valence electrons. The van der Waals surface area contributed by atoms with Gasteiger partial charge >= 0.3 is 6.09 Å². The van der Waals surface area contributed by atoms with Gasteiger partial charge in [0.1, 0.15) is 11.4 Å². The van der Waals surface area contributed by atoms with Crippen LogP contribution in [0.15, 0.2) is 34.9 Å². The zero-order valence-electron chi connectivity index (χ0n) is 16.1. The van der Waals surface area contributed by atoms with Gasteiger partial charge in [-0.25, -0.2) is 4.79 Å². The number of hydrogen-bond donors (Lipinski definition) is 1. The first-order chi connectivity index (χ1) is 12.8. The summed E-state index contributed by atoms with van der Waals surface area (Å²) in [6.07, 6.45) is 2.51. The number of hydrogen-bond acceptors (Lipinski definition) is 6. The van der Waals surface area contributed by atoms with Crippen LogP contribution in [0.1, 0.15) is 32.8 Å². The summed E-state index contributed by atoms with van der Waals surface area (Å²) < 4.78 is 16.2. The maximum absolute atomic E-state index is 12.2. The van der Waals surface area contributed by atoms with Crippen LogP contribution in [0.2, 0.25) is 0 Å². The number of carbonyl (C=O) groups is 1. The van der Waals surface area contributed by atoms with E-state index in [4.69, 9.17) is 19.7 Å². The predicted molar refractivity (Wildman–Crippen MR) is 103 cm³/mol. The van der Waals surface area contributed by atoms with Crippen molar-refractivity contribution in [2.75, 3.05) is 25.9 Å². The lowest BCUT2D eigenvalue weighted by molar-refractivity contribution is 0.0270. The van der Waals surface area contributed by atoms with Crippen molar-refractivity contribution in [3.05, 3.63) is 35.9 Å². The first-order valence-corrected chi connectivity index (χ1v) is 8.85. The van der Waals surface area contributed by atoms with Gasteiger partial charge in [-0.05, 0) is 50.5 Å². The molecule has 1 aliphatic heterocycles. The molecule has 0 radical (unpaired) electrons. The van der Waals surface area contributed by atoms with Crippen LogP contribution >= 0.6 is 0 Å². The lowest BCUT2D eigenvalue weighted by atomic mass is 9.97. The number of nitrogens with two attached hydrogens (primary N) is 1. The molecule has 2 N–H and O–H groups in total. The van der Waals surface area contributed by atoms with E-state index in [1.165, 1.54) is 0 Å². The third kappa shape index (κ3) is 4.42. The Labute approximate surface area is 158 Å². The van der Waals surface area contributed by atoms with Crippen LogP contribution in [-0.2, 0) is 4.74 Å². The molecule has 1 aromatic carbocycles. The minimum atomic E-state index is -0.492. The van der Waals surface area contributed by atoms with Crippen molar-refractivity contribution in [1.82, 2.24) is 10.1 Å². The van der Waals surface area contributed by atoms with Gasteiger partial charge in [-0.2, -0.15) is 0 Å². The van der Waals surface area contributed by atoms with E-state index >= 15 is 0 Å². The number of methoxy groups -OCH3 is 1. The highest BCUT2D eigenvalue weighted by atomic mass is 16.6. The molecule has 0 spiro atoms. The minimum Gasteiger partial charge on any atom is -0.496 e. The summed E-state index contributed by atoms with van der Waals surface area (Å²) in [5, 5.41) is 3.72. The average molecular weight is 371 g/mol. The standard InChI is InChI=1S/C20H25N3O4/c1-20(2,3)26-19(24)23-9-7-13(8-10-23)14-5-6-15(16(11-14)25-4)17-12-18(21)22-27-17/h5-7,11-12H,8-10H2,1-4H3,(H2,21,22). The van der Waals surface area contributed by atoms with Crippen LogP contribution in [0.5, 0.6) is 5.75 Å². The van der Waals surface area contributed by atoms with E-state index < -0.39 is 5.60 Å². The number of rotatable bonds is 3. The molecule has 2 aromatic rings. The maximum atomic E-state index is 12.2. The van der Waals surface area contributed by atoms with Crippen LogP contribution < -0.4 is 10.5 Å². The van der Waals surface area contributed by atoms with Gasteiger partial charge in [0.05, 0.1) is 12.7 Å². The van der Waals surface area contributed by atoms with Crippen LogP contribution in [0, 0.1) is 0 Å². The molecule has 1 aromatic heterocycles. The molecule has 0 saturated carbocycles. The molecule has 0 bridgehead atoms. The number of ether oxygens (including phenoxy) is 2. The van der Waals surface area contributed by atoms with Gasteiger partial charge < -0.3 is 24.6 Å². The van der Waals surface area contributed by atoms with Gasteiger partial charge in [-0.3, -0.25) is 0 Å². The number of nitrogen functional groups attached to an aromatic ring is 1. The third-order valence-electron chi connectivity index (χ3n) is 4.23. The van der Waals surface area contributed by atoms with Crippen molar-refractivity contribution in [2.24, 2.45) is 0 Å². The Kier molecular flexibility index (Phi) is 5.12. The predicted octanol–water partition coefficient (Wildman–Crippen LogP) is 3.96. The fourth-order valence-corrected chi connectivity index (χ4v) is 2.93. The van der Waals surface area contributed by atoms with Crippen molar-refractivity contribution < 1.29 is 18.8 Å². The average Bonchev–Trinajstić information content (AvgIpc) is 3.06. The summed E-state index contributed by atoms with van der Waals surface area (Å²) in [5.41, 5.74) is 8.14. The molecule has 0 aliphatic carbocycles. The van der Waals surface area contributed by atoms with E-state index in [9.17, 15) is 4.79 Å². The van der Waals surface area contributed by atoms with Crippen LogP contribution in [0.4, 0.5) is 10.6 Å². The fraction of sp³-hybridized carbons (Fsp3) is 0.400. The summed E-state index contributed by atoms with van der Waals surface area (Å²) in [7, 11) is 1.61. The smallest absolute Gasteiger partial charge is 0.410 e. The van der Waals surface area contributed by atoms with E-state index in [2.05, 4.69) is 5.16 Å². The molecule has 3 rings (SSSR count). The lowest BCUT2D eigenvalue weighted by Gasteiger charge is -2.29. The molecule has 7 nitrogen and oxygen atoms in total. The Morgan fingerprint density at radius 2 is 2.07 bits per heavy atom. The van der Waals surface area contributed by atoms with Crippen LogP contribution in [0.3, 0.4) is 0 Å². The van der Waals surface area contributed by atoms with E-state index in [1.54, 1.807) is 18.1 Å². The van der Waals surface area contributed by atoms with Crippen LogP contribution in [-0.4, -0.2) is 42.0 Å². The van der Waals surface area contributed by atoms with Crippen LogP contribution in [0.25, 0.3) is 16.9 Å². The Morgan fingerprint density at radius 1 is 1.30 bits per heavy atom. The van der Waals surface area contributed by atoms with Crippen molar-refractivity contribution in [3.63, 3.8) is 0 Å². The molecule has 27 heavy (non-hydrogen) atoms. The second-order valence-corrected chi connectivity index (χ2v) is 7.44. The Bertz CT molecular complexity index is 864. The first-order valence-electron chi connectivity index (χ1n) is 8.85. The highest BCUT2D eigenvalue weighted by Crippen LogP contribution is 2.34. The van der Waals surface area contributed by atoms with Gasteiger partial charge in [0.2, 0.25) is 0 Å². The molecule has 7 heteroatoms. The molecule has 2 heterocycles. The number of benzene rings is 1. The summed E-state index contributed by atoms with van der Waals surface area (Å²) in [6, 6.07) is 7.56. The highest BCUT2D eigenvalue weighted by Gasteiger charge is 2.24. The number of carbonyl (C=O) groups excluding carboxylic acids is 1. The summed E-state index contributed by atoms with van der Waals surface area (Å²) in [4.78, 5) is 13.9. The second-order valence-electron chi connectivity index (χ2n) is 7.44. The van der Waals surface area contributed by atoms with E-state index in [0.29, 0.717) is 30.4 Å². The van der Waals surface area contributed by atoms with Crippen molar-refractivity contribution >= 4 is 17.5 Å². The molecule has 0 fully saturated rings. The zero-order chi connectivity index (χ0) is 19.6. The first kappa shape index (κ1) is 18.8. The van der Waals surface area contributed by atoms with Gasteiger partial charge in [-0.15, -0.1) is 0 Å². The summed E-state index contributed by atoms with van der Waals surface area (Å²) in [5.74, 6) is 1.57. The van der Waals surface area contributed by atoms with Crippen molar-refractivity contribution in [1.29, 1.82) is 0 Å². The maximum Gasteiger partial charge on any atom is 0.410 e. The molecule has 1 amide bonds. The molecular formula is C20H25N3O4. The topological polar surface area (TPSA) is 90.8 Å².